The largest absolute Gasteiger partial charge is 0.282 e. The maximum Gasteiger partial charge on any atom is 0.235 e. The van der Waals surface area contributed by atoms with Crippen molar-refractivity contribution in [1.29, 1.82) is 0 Å². The van der Waals surface area contributed by atoms with Crippen molar-refractivity contribution in [2.24, 2.45) is 0 Å². The molecule has 78 valence electrons. The number of sulfonamides is 1. The Morgan fingerprint density at radius 2 is 2.00 bits per heavy atom. The molecule has 1 aliphatic rings. The smallest absolute Gasteiger partial charge is 0.235 e. The Morgan fingerprint density at radius 1 is 1.33 bits per heavy atom. The predicted octanol–water partition coefficient (Wildman–Crippen LogP) is 1.57. The summed E-state index contributed by atoms with van der Waals surface area (Å²) in [7, 11) is -3.22. The molecule has 3 nitrogen and oxygen atoms in total. The number of terminal acetylenes is 1. The van der Waals surface area contributed by atoms with Gasteiger partial charge in [-0.1, -0.05) is 18.1 Å². The van der Waals surface area contributed by atoms with Crippen LogP contribution in [0.2, 0.25) is 0 Å². The fourth-order valence-electron chi connectivity index (χ4n) is 1.31. The Balaban J connectivity index is 2.28. The van der Waals surface area contributed by atoms with E-state index in [2.05, 4.69) is 10.6 Å². The molecule has 0 amide bonds. The summed E-state index contributed by atoms with van der Waals surface area (Å²) in [6.07, 6.45) is 6.76. The standard InChI is InChI=1S/C11H11NO2S/c1-2-9-5-3-4-6-11(9)12-15(13,14)10-7-8-10/h1,3-6,10,12H,7-8H2. The van der Waals surface area contributed by atoms with Crippen molar-refractivity contribution in [3.05, 3.63) is 29.8 Å². The molecule has 1 aromatic carbocycles. The van der Waals surface area contributed by atoms with E-state index < -0.39 is 10.0 Å². The molecule has 4 heteroatoms. The van der Waals surface area contributed by atoms with Crippen molar-refractivity contribution in [3.63, 3.8) is 0 Å². The van der Waals surface area contributed by atoms with Crippen molar-refractivity contribution in [3.8, 4) is 12.3 Å². The normalized spacial score (nSPS) is 15.7. The van der Waals surface area contributed by atoms with Gasteiger partial charge in [-0.25, -0.2) is 8.42 Å². The first-order valence-corrected chi connectivity index (χ1v) is 6.25. The van der Waals surface area contributed by atoms with E-state index in [1.54, 1.807) is 24.3 Å². The van der Waals surface area contributed by atoms with Crippen molar-refractivity contribution < 1.29 is 8.42 Å². The van der Waals surface area contributed by atoms with Crippen LogP contribution in [0.5, 0.6) is 0 Å². The Labute approximate surface area is 89.6 Å². The number of hydrogen-bond acceptors (Lipinski definition) is 2. The van der Waals surface area contributed by atoms with Crippen LogP contribution in [0.15, 0.2) is 24.3 Å². The fraction of sp³-hybridized carbons (Fsp3) is 0.273. The molecule has 1 fully saturated rings. The minimum atomic E-state index is -3.22. The molecular formula is C11H11NO2S. The molecule has 0 aromatic heterocycles. The summed E-state index contributed by atoms with van der Waals surface area (Å²) < 4.78 is 25.8. The van der Waals surface area contributed by atoms with Crippen molar-refractivity contribution in [1.82, 2.24) is 0 Å². The predicted molar refractivity (Wildman–Crippen MR) is 59.9 cm³/mol. The van der Waals surface area contributed by atoms with Gasteiger partial charge < -0.3 is 0 Å². The number of anilines is 1. The highest BCUT2D eigenvalue weighted by Crippen LogP contribution is 2.30. The molecule has 0 radical (unpaired) electrons. The van der Waals surface area contributed by atoms with E-state index in [9.17, 15) is 8.42 Å². The summed E-state index contributed by atoms with van der Waals surface area (Å²) in [6, 6.07) is 6.93. The van der Waals surface area contributed by atoms with Gasteiger partial charge in [0.2, 0.25) is 10.0 Å². The van der Waals surface area contributed by atoms with Gasteiger partial charge in [0.25, 0.3) is 0 Å². The molecule has 2 rings (SSSR count). The highest BCUT2D eigenvalue weighted by molar-refractivity contribution is 7.93. The van der Waals surface area contributed by atoms with Gasteiger partial charge >= 0.3 is 0 Å². The summed E-state index contributed by atoms with van der Waals surface area (Å²) in [5, 5.41) is -0.233. The monoisotopic (exact) mass is 221 g/mol. The average Bonchev–Trinajstić information content (AvgIpc) is 3.01. The van der Waals surface area contributed by atoms with E-state index >= 15 is 0 Å². The van der Waals surface area contributed by atoms with Crippen molar-refractivity contribution >= 4 is 15.7 Å². The second-order valence-corrected chi connectivity index (χ2v) is 5.50. The fourth-order valence-corrected chi connectivity index (χ4v) is 2.72. The van der Waals surface area contributed by atoms with Crippen LogP contribution in [0, 0.1) is 12.3 Å². The zero-order valence-electron chi connectivity index (χ0n) is 8.10. The highest BCUT2D eigenvalue weighted by atomic mass is 32.2. The van der Waals surface area contributed by atoms with Crippen LogP contribution in [0.1, 0.15) is 18.4 Å². The zero-order chi connectivity index (χ0) is 10.9. The Morgan fingerprint density at radius 3 is 2.60 bits per heavy atom. The number of benzene rings is 1. The molecule has 15 heavy (non-hydrogen) atoms. The third-order valence-corrected chi connectivity index (χ3v) is 4.15. The molecule has 0 saturated heterocycles. The topological polar surface area (TPSA) is 46.2 Å². The van der Waals surface area contributed by atoms with Crippen LogP contribution < -0.4 is 4.72 Å². The first-order valence-electron chi connectivity index (χ1n) is 4.71. The van der Waals surface area contributed by atoms with Crippen molar-refractivity contribution in [2.75, 3.05) is 4.72 Å². The highest BCUT2D eigenvalue weighted by Gasteiger charge is 2.35. The second-order valence-electron chi connectivity index (χ2n) is 3.54. The molecule has 1 saturated carbocycles. The van der Waals surface area contributed by atoms with Gasteiger partial charge in [0, 0.05) is 5.56 Å². The van der Waals surface area contributed by atoms with Gasteiger partial charge in [0.15, 0.2) is 0 Å². The minimum absolute atomic E-state index is 0.233. The average molecular weight is 221 g/mol. The quantitative estimate of drug-likeness (QED) is 0.787. The Bertz CT molecular complexity index is 510. The van der Waals surface area contributed by atoms with E-state index in [0.717, 1.165) is 12.8 Å². The summed E-state index contributed by atoms with van der Waals surface area (Å²) in [4.78, 5) is 0. The van der Waals surface area contributed by atoms with Gasteiger partial charge in [-0.3, -0.25) is 4.72 Å². The van der Waals surface area contributed by atoms with E-state index in [0.29, 0.717) is 11.3 Å². The lowest BCUT2D eigenvalue weighted by Crippen LogP contribution is -2.17. The van der Waals surface area contributed by atoms with Crippen LogP contribution in [0.4, 0.5) is 5.69 Å². The van der Waals surface area contributed by atoms with E-state index in [1.165, 1.54) is 0 Å². The number of hydrogen-bond donors (Lipinski definition) is 1. The molecular weight excluding hydrogens is 210 g/mol. The molecule has 0 aliphatic heterocycles. The summed E-state index contributed by atoms with van der Waals surface area (Å²) in [5.41, 5.74) is 1.06. The van der Waals surface area contributed by atoms with Crippen LogP contribution in [0.25, 0.3) is 0 Å². The van der Waals surface area contributed by atoms with E-state index in [-0.39, 0.29) is 5.25 Å². The Hall–Kier alpha value is -1.47. The summed E-state index contributed by atoms with van der Waals surface area (Å²) >= 11 is 0. The lowest BCUT2D eigenvalue weighted by atomic mass is 10.2. The molecule has 0 heterocycles. The number of rotatable bonds is 3. The summed E-state index contributed by atoms with van der Waals surface area (Å²) in [6.45, 7) is 0. The van der Waals surface area contributed by atoms with Gasteiger partial charge in [-0.2, -0.15) is 0 Å². The maximum absolute atomic E-state index is 11.7. The van der Waals surface area contributed by atoms with Gasteiger partial charge in [0.05, 0.1) is 10.9 Å². The number of para-hydroxylation sites is 1. The molecule has 0 spiro atoms. The van der Waals surface area contributed by atoms with Gasteiger partial charge in [0.1, 0.15) is 0 Å². The third kappa shape index (κ3) is 2.13. The molecule has 0 unspecified atom stereocenters. The van der Waals surface area contributed by atoms with E-state index in [4.69, 9.17) is 6.42 Å². The van der Waals surface area contributed by atoms with Crippen LogP contribution in [-0.4, -0.2) is 13.7 Å². The zero-order valence-corrected chi connectivity index (χ0v) is 8.92. The Kier molecular flexibility index (Phi) is 2.41. The molecule has 0 bridgehead atoms. The van der Waals surface area contributed by atoms with Crippen LogP contribution >= 0.6 is 0 Å². The number of nitrogens with one attached hydrogen (secondary N) is 1. The van der Waals surface area contributed by atoms with Gasteiger partial charge in [-0.05, 0) is 25.0 Å². The lowest BCUT2D eigenvalue weighted by Gasteiger charge is -2.08. The maximum atomic E-state index is 11.7. The lowest BCUT2D eigenvalue weighted by molar-refractivity contribution is 0.600. The SMILES string of the molecule is C#Cc1ccccc1NS(=O)(=O)C1CC1. The summed E-state index contributed by atoms with van der Waals surface area (Å²) in [5.74, 6) is 2.45. The minimum Gasteiger partial charge on any atom is -0.282 e. The van der Waals surface area contributed by atoms with Gasteiger partial charge in [-0.15, -0.1) is 6.42 Å². The van der Waals surface area contributed by atoms with E-state index in [1.807, 2.05) is 0 Å². The van der Waals surface area contributed by atoms with Crippen molar-refractivity contribution in [2.45, 2.75) is 18.1 Å². The first-order chi connectivity index (χ1) is 7.13. The van der Waals surface area contributed by atoms with Crippen LogP contribution in [0.3, 0.4) is 0 Å². The van der Waals surface area contributed by atoms with Crippen LogP contribution in [-0.2, 0) is 10.0 Å². The third-order valence-electron chi connectivity index (χ3n) is 2.30. The first kappa shape index (κ1) is 10.1. The molecule has 1 aromatic rings. The molecule has 0 atom stereocenters. The second kappa shape index (κ2) is 3.59. The molecule has 1 N–H and O–H groups in total. The molecule has 1 aliphatic carbocycles.